The molecular formula is C13H15BrF2. The molecule has 1 aliphatic carbocycles. The van der Waals surface area contributed by atoms with Crippen molar-refractivity contribution < 1.29 is 8.78 Å². The third kappa shape index (κ3) is 2.82. The second-order valence-electron chi connectivity index (χ2n) is 4.50. The molecule has 0 bridgehead atoms. The first-order chi connectivity index (χ1) is 7.66. The van der Waals surface area contributed by atoms with Gasteiger partial charge in [-0.25, -0.2) is 8.78 Å². The van der Waals surface area contributed by atoms with Crippen LogP contribution >= 0.6 is 15.9 Å². The quantitative estimate of drug-likeness (QED) is 0.705. The van der Waals surface area contributed by atoms with E-state index in [1.807, 2.05) is 0 Å². The zero-order valence-electron chi connectivity index (χ0n) is 9.06. The molecule has 2 unspecified atom stereocenters. The van der Waals surface area contributed by atoms with E-state index in [4.69, 9.17) is 0 Å². The van der Waals surface area contributed by atoms with Gasteiger partial charge in [-0.05, 0) is 36.8 Å². The second-order valence-corrected chi connectivity index (χ2v) is 5.68. The highest BCUT2D eigenvalue weighted by Gasteiger charge is 2.23. The van der Waals surface area contributed by atoms with Crippen LogP contribution in [-0.2, 0) is 6.42 Å². The molecule has 2 rings (SSSR count). The van der Waals surface area contributed by atoms with Crippen LogP contribution in [-0.4, -0.2) is 4.83 Å². The molecule has 1 aromatic carbocycles. The van der Waals surface area contributed by atoms with Crippen molar-refractivity contribution in [3.05, 3.63) is 35.4 Å². The Balaban J connectivity index is 2.07. The SMILES string of the molecule is Fc1ccc(CC2CCCCC2Br)c(F)c1. The van der Waals surface area contributed by atoms with Crippen molar-refractivity contribution >= 4 is 15.9 Å². The van der Waals surface area contributed by atoms with Gasteiger partial charge in [0.15, 0.2) is 0 Å². The Kier molecular flexibility index (Phi) is 3.95. The Morgan fingerprint density at radius 1 is 1.19 bits per heavy atom. The third-order valence-electron chi connectivity index (χ3n) is 3.31. The van der Waals surface area contributed by atoms with Gasteiger partial charge in [0.05, 0.1) is 0 Å². The first-order valence-electron chi connectivity index (χ1n) is 5.75. The van der Waals surface area contributed by atoms with E-state index in [9.17, 15) is 8.78 Å². The fraction of sp³-hybridized carbons (Fsp3) is 0.538. The largest absolute Gasteiger partial charge is 0.207 e. The first-order valence-corrected chi connectivity index (χ1v) is 6.66. The lowest BCUT2D eigenvalue weighted by molar-refractivity contribution is 0.369. The van der Waals surface area contributed by atoms with Gasteiger partial charge in [-0.15, -0.1) is 0 Å². The fourth-order valence-electron chi connectivity index (χ4n) is 2.36. The predicted octanol–water partition coefficient (Wildman–Crippen LogP) is 4.46. The van der Waals surface area contributed by atoms with Gasteiger partial charge in [0.1, 0.15) is 11.6 Å². The molecule has 0 heterocycles. The van der Waals surface area contributed by atoms with E-state index >= 15 is 0 Å². The smallest absolute Gasteiger partial charge is 0.129 e. The minimum atomic E-state index is -0.500. The second kappa shape index (κ2) is 5.26. The van der Waals surface area contributed by atoms with Crippen molar-refractivity contribution in [1.82, 2.24) is 0 Å². The summed E-state index contributed by atoms with van der Waals surface area (Å²) in [7, 11) is 0. The Bertz CT molecular complexity index is 365. The maximum absolute atomic E-state index is 13.5. The molecule has 88 valence electrons. The Morgan fingerprint density at radius 2 is 1.94 bits per heavy atom. The highest BCUT2D eigenvalue weighted by atomic mass is 79.9. The molecule has 1 aromatic rings. The molecule has 0 N–H and O–H groups in total. The zero-order valence-corrected chi connectivity index (χ0v) is 10.6. The highest BCUT2D eigenvalue weighted by Crippen LogP contribution is 2.32. The maximum Gasteiger partial charge on any atom is 0.129 e. The van der Waals surface area contributed by atoms with Gasteiger partial charge in [-0.2, -0.15) is 0 Å². The van der Waals surface area contributed by atoms with E-state index in [0.29, 0.717) is 22.7 Å². The van der Waals surface area contributed by atoms with Crippen molar-refractivity contribution in [2.45, 2.75) is 36.9 Å². The summed E-state index contributed by atoms with van der Waals surface area (Å²) in [5.41, 5.74) is 0.637. The molecule has 0 aromatic heterocycles. The van der Waals surface area contributed by atoms with Crippen molar-refractivity contribution in [3.63, 3.8) is 0 Å². The normalized spacial score (nSPS) is 25.7. The summed E-state index contributed by atoms with van der Waals surface area (Å²) < 4.78 is 26.2. The zero-order chi connectivity index (χ0) is 11.5. The summed E-state index contributed by atoms with van der Waals surface area (Å²) in [4.78, 5) is 0.478. The Hall–Kier alpha value is -0.440. The highest BCUT2D eigenvalue weighted by molar-refractivity contribution is 9.09. The van der Waals surface area contributed by atoms with Crippen LogP contribution in [0, 0.1) is 17.6 Å². The number of hydrogen-bond acceptors (Lipinski definition) is 0. The number of alkyl halides is 1. The van der Waals surface area contributed by atoms with Crippen molar-refractivity contribution in [2.75, 3.05) is 0 Å². The van der Waals surface area contributed by atoms with Crippen LogP contribution in [0.5, 0.6) is 0 Å². The van der Waals surface area contributed by atoms with Crippen LogP contribution in [0.25, 0.3) is 0 Å². The Labute approximate surface area is 103 Å². The molecular weight excluding hydrogens is 274 g/mol. The fourth-order valence-corrected chi connectivity index (χ4v) is 3.14. The Morgan fingerprint density at radius 3 is 2.62 bits per heavy atom. The molecule has 1 aliphatic rings. The molecule has 0 amide bonds. The minimum absolute atomic E-state index is 0.412. The molecule has 16 heavy (non-hydrogen) atoms. The summed E-state index contributed by atoms with van der Waals surface area (Å²) in [6, 6.07) is 3.88. The lowest BCUT2D eigenvalue weighted by Crippen LogP contribution is -2.21. The van der Waals surface area contributed by atoms with Crippen LogP contribution in [0.2, 0.25) is 0 Å². The van der Waals surface area contributed by atoms with E-state index < -0.39 is 11.6 Å². The van der Waals surface area contributed by atoms with Crippen molar-refractivity contribution in [2.24, 2.45) is 5.92 Å². The number of rotatable bonds is 2. The lowest BCUT2D eigenvalue weighted by atomic mass is 9.84. The van der Waals surface area contributed by atoms with Crippen LogP contribution in [0.15, 0.2) is 18.2 Å². The average molecular weight is 289 g/mol. The van der Waals surface area contributed by atoms with Gasteiger partial charge in [0.2, 0.25) is 0 Å². The van der Waals surface area contributed by atoms with Crippen LogP contribution < -0.4 is 0 Å². The van der Waals surface area contributed by atoms with Crippen molar-refractivity contribution in [3.8, 4) is 0 Å². The standard InChI is InChI=1S/C13H15BrF2/c14-12-4-2-1-3-9(12)7-10-5-6-11(15)8-13(10)16/h5-6,8-9,12H,1-4,7H2. The van der Waals surface area contributed by atoms with Gasteiger partial charge in [0.25, 0.3) is 0 Å². The third-order valence-corrected chi connectivity index (χ3v) is 4.52. The topological polar surface area (TPSA) is 0 Å². The molecule has 0 saturated heterocycles. The summed E-state index contributed by atoms with van der Waals surface area (Å²) in [6.45, 7) is 0. The van der Waals surface area contributed by atoms with E-state index in [1.165, 1.54) is 18.9 Å². The summed E-state index contributed by atoms with van der Waals surface area (Å²) >= 11 is 3.65. The van der Waals surface area contributed by atoms with Crippen LogP contribution in [0.1, 0.15) is 31.2 Å². The summed E-state index contributed by atoms with van der Waals surface area (Å²) in [6.07, 6.45) is 5.47. The number of halogens is 3. The van der Waals surface area contributed by atoms with E-state index in [2.05, 4.69) is 15.9 Å². The van der Waals surface area contributed by atoms with Crippen LogP contribution in [0.4, 0.5) is 8.78 Å². The molecule has 2 atom stereocenters. The number of hydrogen-bond donors (Lipinski definition) is 0. The molecule has 1 fully saturated rings. The van der Waals surface area contributed by atoms with Crippen LogP contribution in [0.3, 0.4) is 0 Å². The first kappa shape index (κ1) is 12.0. The van der Waals surface area contributed by atoms with Gasteiger partial charge >= 0.3 is 0 Å². The van der Waals surface area contributed by atoms with Gasteiger partial charge < -0.3 is 0 Å². The minimum Gasteiger partial charge on any atom is -0.207 e. The predicted molar refractivity (Wildman–Crippen MR) is 64.7 cm³/mol. The monoisotopic (exact) mass is 288 g/mol. The van der Waals surface area contributed by atoms with Gasteiger partial charge in [0, 0.05) is 10.9 Å². The number of benzene rings is 1. The molecule has 1 saturated carbocycles. The lowest BCUT2D eigenvalue weighted by Gasteiger charge is -2.27. The molecule has 3 heteroatoms. The molecule has 0 radical (unpaired) electrons. The average Bonchev–Trinajstić information content (AvgIpc) is 2.25. The van der Waals surface area contributed by atoms with E-state index in [1.54, 1.807) is 6.07 Å². The van der Waals surface area contributed by atoms with E-state index in [0.717, 1.165) is 18.9 Å². The molecule has 0 nitrogen and oxygen atoms in total. The molecule has 0 spiro atoms. The van der Waals surface area contributed by atoms with Gasteiger partial charge in [-0.1, -0.05) is 34.8 Å². The summed E-state index contributed by atoms with van der Waals surface area (Å²) in [5.74, 6) is -0.431. The van der Waals surface area contributed by atoms with E-state index in [-0.39, 0.29) is 0 Å². The molecule has 0 aliphatic heterocycles. The van der Waals surface area contributed by atoms with Crippen molar-refractivity contribution in [1.29, 1.82) is 0 Å². The summed E-state index contributed by atoms with van der Waals surface area (Å²) in [5, 5.41) is 0. The maximum atomic E-state index is 13.5. The van der Waals surface area contributed by atoms with Gasteiger partial charge in [-0.3, -0.25) is 0 Å².